The van der Waals surface area contributed by atoms with Crippen LogP contribution in [0.3, 0.4) is 0 Å². The molecule has 0 radical (unpaired) electrons. The van der Waals surface area contributed by atoms with Crippen LogP contribution in [0.4, 0.5) is 11.5 Å². The fourth-order valence-corrected chi connectivity index (χ4v) is 2.38. The lowest BCUT2D eigenvalue weighted by molar-refractivity contribution is 0.839. The molecule has 4 nitrogen and oxygen atoms in total. The number of nitriles is 1. The molecule has 1 heterocycles. The van der Waals surface area contributed by atoms with E-state index in [1.807, 2.05) is 44.0 Å². The zero-order chi connectivity index (χ0) is 14.7. The summed E-state index contributed by atoms with van der Waals surface area (Å²) >= 11 is 6.18. The molecule has 2 rings (SSSR count). The second kappa shape index (κ2) is 5.89. The van der Waals surface area contributed by atoms with E-state index in [0.717, 1.165) is 17.1 Å². The summed E-state index contributed by atoms with van der Waals surface area (Å²) in [4.78, 5) is 10.3. The molecule has 1 aromatic heterocycles. The van der Waals surface area contributed by atoms with E-state index in [1.165, 1.54) is 6.33 Å². The average molecular weight is 287 g/mol. The van der Waals surface area contributed by atoms with Gasteiger partial charge in [-0.2, -0.15) is 5.26 Å². The van der Waals surface area contributed by atoms with Crippen LogP contribution in [0.15, 0.2) is 30.6 Å². The Hall–Kier alpha value is -2.12. The molecule has 0 saturated heterocycles. The van der Waals surface area contributed by atoms with Crippen molar-refractivity contribution in [3.8, 4) is 6.07 Å². The molecule has 5 heteroatoms. The summed E-state index contributed by atoms with van der Waals surface area (Å²) in [6.07, 6.45) is 1.45. The van der Waals surface area contributed by atoms with Crippen LogP contribution in [0.5, 0.6) is 0 Å². The van der Waals surface area contributed by atoms with Crippen LogP contribution in [0.1, 0.15) is 30.9 Å². The summed E-state index contributed by atoms with van der Waals surface area (Å²) < 4.78 is 0. The molecule has 0 N–H and O–H groups in total. The van der Waals surface area contributed by atoms with Crippen molar-refractivity contribution in [1.29, 1.82) is 5.26 Å². The smallest absolute Gasteiger partial charge is 0.141 e. The van der Waals surface area contributed by atoms with Gasteiger partial charge in [-0.1, -0.05) is 31.5 Å². The third-order valence-corrected chi connectivity index (χ3v) is 3.37. The third kappa shape index (κ3) is 2.73. The largest absolute Gasteiger partial charge is 0.329 e. The van der Waals surface area contributed by atoms with Crippen LogP contribution < -0.4 is 4.90 Å². The first-order chi connectivity index (χ1) is 9.54. The van der Waals surface area contributed by atoms with Crippen molar-refractivity contribution in [1.82, 2.24) is 9.97 Å². The molecule has 0 fully saturated rings. The van der Waals surface area contributed by atoms with Gasteiger partial charge in [0.15, 0.2) is 0 Å². The number of hydrogen-bond donors (Lipinski definition) is 0. The number of anilines is 2. The fraction of sp³-hybridized carbons (Fsp3) is 0.267. The Morgan fingerprint density at radius 2 is 2.05 bits per heavy atom. The van der Waals surface area contributed by atoms with Gasteiger partial charge < -0.3 is 4.90 Å². The molecule has 0 aliphatic heterocycles. The van der Waals surface area contributed by atoms with Crippen LogP contribution >= 0.6 is 11.6 Å². The highest BCUT2D eigenvalue weighted by Gasteiger charge is 2.17. The Bertz CT molecular complexity index is 661. The van der Waals surface area contributed by atoms with E-state index in [1.54, 1.807) is 6.07 Å². The molecule has 0 unspecified atom stereocenters. The van der Waals surface area contributed by atoms with Gasteiger partial charge in [-0.15, -0.1) is 0 Å². The fourth-order valence-electron chi connectivity index (χ4n) is 2.04. The van der Waals surface area contributed by atoms with E-state index >= 15 is 0 Å². The van der Waals surface area contributed by atoms with Gasteiger partial charge in [0.25, 0.3) is 0 Å². The Morgan fingerprint density at radius 3 is 2.70 bits per heavy atom. The van der Waals surface area contributed by atoms with E-state index in [9.17, 15) is 0 Å². The molecule has 102 valence electrons. The normalized spacial score (nSPS) is 10.4. The Morgan fingerprint density at radius 1 is 1.30 bits per heavy atom. The van der Waals surface area contributed by atoms with E-state index in [2.05, 4.69) is 16.0 Å². The summed E-state index contributed by atoms with van der Waals surface area (Å²) in [6, 6.07) is 9.51. The zero-order valence-corrected chi connectivity index (χ0v) is 12.4. The van der Waals surface area contributed by atoms with E-state index in [4.69, 9.17) is 16.9 Å². The predicted molar refractivity (Wildman–Crippen MR) is 80.4 cm³/mol. The van der Waals surface area contributed by atoms with Gasteiger partial charge in [-0.05, 0) is 24.1 Å². The number of aromatic nitrogens is 2. The second-order valence-electron chi connectivity index (χ2n) is 4.78. The van der Waals surface area contributed by atoms with Gasteiger partial charge in [-0.25, -0.2) is 9.97 Å². The summed E-state index contributed by atoms with van der Waals surface area (Å²) in [6.45, 7) is 4.10. The van der Waals surface area contributed by atoms with Gasteiger partial charge in [0.05, 0.1) is 11.6 Å². The maximum atomic E-state index is 8.99. The summed E-state index contributed by atoms with van der Waals surface area (Å²) in [5.41, 5.74) is 2.40. The monoisotopic (exact) mass is 286 g/mol. The number of benzene rings is 1. The van der Waals surface area contributed by atoms with Crippen LogP contribution in [0.2, 0.25) is 5.15 Å². The molecule has 0 saturated carbocycles. The van der Waals surface area contributed by atoms with Gasteiger partial charge in [0, 0.05) is 18.3 Å². The van der Waals surface area contributed by atoms with Crippen molar-refractivity contribution in [2.45, 2.75) is 19.8 Å². The standard InChI is InChI=1S/C15H15ClN4/c1-10(2)13-14(16)18-9-19-15(13)20(3)12-6-4-5-11(7-12)8-17/h4-7,9-10H,1-3H3. The van der Waals surface area contributed by atoms with E-state index in [-0.39, 0.29) is 5.92 Å². The first-order valence-corrected chi connectivity index (χ1v) is 6.66. The SMILES string of the molecule is CC(C)c1c(Cl)ncnc1N(C)c1cccc(C#N)c1. The first kappa shape index (κ1) is 14.3. The predicted octanol–water partition coefficient (Wildman–Crippen LogP) is 3.89. The number of nitrogens with zero attached hydrogens (tertiary/aromatic N) is 4. The lowest BCUT2D eigenvalue weighted by Gasteiger charge is -2.23. The number of halogens is 1. The summed E-state index contributed by atoms with van der Waals surface area (Å²) in [5, 5.41) is 9.45. The topological polar surface area (TPSA) is 52.8 Å². The van der Waals surface area contributed by atoms with Crippen molar-refractivity contribution in [3.05, 3.63) is 46.9 Å². The summed E-state index contributed by atoms with van der Waals surface area (Å²) in [5.74, 6) is 0.968. The van der Waals surface area contributed by atoms with Gasteiger partial charge in [0.1, 0.15) is 17.3 Å². The average Bonchev–Trinajstić information content (AvgIpc) is 2.45. The molecule has 2 aromatic rings. The summed E-state index contributed by atoms with van der Waals surface area (Å²) in [7, 11) is 1.90. The molecule has 1 aromatic carbocycles. The van der Waals surface area contributed by atoms with Crippen molar-refractivity contribution in [3.63, 3.8) is 0 Å². The Kier molecular flexibility index (Phi) is 4.21. The lowest BCUT2D eigenvalue weighted by Crippen LogP contribution is -2.15. The molecule has 20 heavy (non-hydrogen) atoms. The Balaban J connectivity index is 2.51. The maximum absolute atomic E-state index is 8.99. The van der Waals surface area contributed by atoms with Crippen molar-refractivity contribution >= 4 is 23.1 Å². The molecule has 0 aliphatic rings. The minimum atomic E-state index is 0.209. The number of rotatable bonds is 3. The molecule has 0 spiro atoms. The quantitative estimate of drug-likeness (QED) is 0.803. The molecule has 0 bridgehead atoms. The zero-order valence-electron chi connectivity index (χ0n) is 11.6. The highest BCUT2D eigenvalue weighted by atomic mass is 35.5. The van der Waals surface area contributed by atoms with Crippen molar-refractivity contribution in [2.24, 2.45) is 0 Å². The van der Waals surface area contributed by atoms with Crippen molar-refractivity contribution < 1.29 is 0 Å². The van der Waals surface area contributed by atoms with E-state index < -0.39 is 0 Å². The minimum absolute atomic E-state index is 0.209. The van der Waals surface area contributed by atoms with Crippen molar-refractivity contribution in [2.75, 3.05) is 11.9 Å². The molecule has 0 aliphatic carbocycles. The minimum Gasteiger partial charge on any atom is -0.329 e. The van der Waals surface area contributed by atoms with Crippen LogP contribution in [-0.2, 0) is 0 Å². The maximum Gasteiger partial charge on any atom is 0.141 e. The highest BCUT2D eigenvalue weighted by Crippen LogP contribution is 2.33. The van der Waals surface area contributed by atoms with Gasteiger partial charge in [0.2, 0.25) is 0 Å². The van der Waals surface area contributed by atoms with Crippen LogP contribution in [-0.4, -0.2) is 17.0 Å². The lowest BCUT2D eigenvalue weighted by atomic mass is 10.1. The molecule has 0 amide bonds. The first-order valence-electron chi connectivity index (χ1n) is 6.29. The molecular formula is C15H15ClN4. The van der Waals surface area contributed by atoms with Gasteiger partial charge in [-0.3, -0.25) is 0 Å². The number of hydrogen-bond acceptors (Lipinski definition) is 4. The second-order valence-corrected chi connectivity index (χ2v) is 5.14. The highest BCUT2D eigenvalue weighted by molar-refractivity contribution is 6.30. The van der Waals surface area contributed by atoms with Crippen LogP contribution in [0.25, 0.3) is 0 Å². The molecule has 0 atom stereocenters. The van der Waals surface area contributed by atoms with Gasteiger partial charge >= 0.3 is 0 Å². The third-order valence-electron chi connectivity index (χ3n) is 3.07. The van der Waals surface area contributed by atoms with Crippen LogP contribution in [0, 0.1) is 11.3 Å². The molecular weight excluding hydrogens is 272 g/mol. The Labute approximate surface area is 123 Å². The van der Waals surface area contributed by atoms with E-state index in [0.29, 0.717) is 10.7 Å².